The minimum absolute atomic E-state index is 0.0787. The molecule has 1 aromatic carbocycles. The smallest absolute Gasteiger partial charge is 0.238 e. The van der Waals surface area contributed by atoms with Gasteiger partial charge in [-0.1, -0.05) is 0 Å². The van der Waals surface area contributed by atoms with E-state index in [2.05, 4.69) is 20.8 Å². The zero-order valence-corrected chi connectivity index (χ0v) is 10.2. The highest BCUT2D eigenvalue weighted by atomic mass is 16.5. The van der Waals surface area contributed by atoms with E-state index in [-0.39, 0.29) is 12.5 Å². The number of aromatic amines is 1. The standard InChI is InChI=1S/C12H16N4O2/c1-18-5-4-13-8-12(17)15-10-3-2-9-7-14-16-11(9)6-10/h2-3,6-7,13H,4-5,8H2,1H3,(H,14,16)(H,15,17). The number of methoxy groups -OCH3 is 1. The molecule has 2 rings (SSSR count). The number of fused-ring (bicyclic) bond motifs is 1. The van der Waals surface area contributed by atoms with Gasteiger partial charge in [0.05, 0.1) is 24.9 Å². The van der Waals surface area contributed by atoms with Crippen LogP contribution in [0.15, 0.2) is 24.4 Å². The quantitative estimate of drug-likeness (QED) is 0.659. The van der Waals surface area contributed by atoms with Crippen molar-refractivity contribution in [1.29, 1.82) is 0 Å². The van der Waals surface area contributed by atoms with Crippen LogP contribution in [0.25, 0.3) is 10.9 Å². The maximum atomic E-state index is 11.6. The topological polar surface area (TPSA) is 79.0 Å². The number of ether oxygens (including phenoxy) is 1. The fourth-order valence-corrected chi connectivity index (χ4v) is 1.60. The molecule has 1 aromatic heterocycles. The van der Waals surface area contributed by atoms with Crippen molar-refractivity contribution in [2.75, 3.05) is 32.1 Å². The summed E-state index contributed by atoms with van der Waals surface area (Å²) < 4.78 is 4.88. The summed E-state index contributed by atoms with van der Waals surface area (Å²) in [5.41, 5.74) is 1.66. The first-order valence-corrected chi connectivity index (χ1v) is 5.72. The van der Waals surface area contributed by atoms with Crippen LogP contribution < -0.4 is 10.6 Å². The van der Waals surface area contributed by atoms with E-state index >= 15 is 0 Å². The second-order valence-corrected chi connectivity index (χ2v) is 3.89. The Hall–Kier alpha value is -1.92. The van der Waals surface area contributed by atoms with Crippen molar-refractivity contribution in [1.82, 2.24) is 15.5 Å². The number of anilines is 1. The molecule has 0 aliphatic rings. The number of aromatic nitrogens is 2. The molecule has 6 heteroatoms. The molecule has 0 spiro atoms. The summed E-state index contributed by atoms with van der Waals surface area (Å²) in [5.74, 6) is -0.0787. The number of hydrogen-bond acceptors (Lipinski definition) is 4. The molecule has 0 bridgehead atoms. The molecule has 3 N–H and O–H groups in total. The molecule has 18 heavy (non-hydrogen) atoms. The Bertz CT molecular complexity index is 524. The lowest BCUT2D eigenvalue weighted by atomic mass is 10.2. The minimum atomic E-state index is -0.0787. The maximum Gasteiger partial charge on any atom is 0.238 e. The fourth-order valence-electron chi connectivity index (χ4n) is 1.60. The molecule has 0 fully saturated rings. The fraction of sp³-hybridized carbons (Fsp3) is 0.333. The van der Waals surface area contributed by atoms with Gasteiger partial charge in [-0.15, -0.1) is 0 Å². The van der Waals surface area contributed by atoms with E-state index in [9.17, 15) is 4.79 Å². The van der Waals surface area contributed by atoms with Gasteiger partial charge in [-0.2, -0.15) is 5.10 Å². The van der Waals surface area contributed by atoms with Crippen LogP contribution in [0, 0.1) is 0 Å². The third kappa shape index (κ3) is 3.28. The van der Waals surface area contributed by atoms with Crippen LogP contribution in [0.1, 0.15) is 0 Å². The van der Waals surface area contributed by atoms with Crippen molar-refractivity contribution < 1.29 is 9.53 Å². The highest BCUT2D eigenvalue weighted by Crippen LogP contribution is 2.16. The first-order valence-electron chi connectivity index (χ1n) is 5.72. The molecule has 96 valence electrons. The van der Waals surface area contributed by atoms with Crippen LogP contribution in [0.3, 0.4) is 0 Å². The van der Waals surface area contributed by atoms with Gasteiger partial charge in [-0.05, 0) is 18.2 Å². The average Bonchev–Trinajstić information content (AvgIpc) is 2.82. The number of nitrogens with zero attached hydrogens (tertiary/aromatic N) is 1. The largest absolute Gasteiger partial charge is 0.383 e. The number of benzene rings is 1. The summed E-state index contributed by atoms with van der Waals surface area (Å²) in [6, 6.07) is 5.62. The summed E-state index contributed by atoms with van der Waals surface area (Å²) in [5, 5.41) is 13.6. The Labute approximate surface area is 105 Å². The normalized spacial score (nSPS) is 10.7. The van der Waals surface area contributed by atoms with Gasteiger partial charge < -0.3 is 15.4 Å². The number of H-pyrrole nitrogens is 1. The van der Waals surface area contributed by atoms with Crippen molar-refractivity contribution in [3.63, 3.8) is 0 Å². The summed E-state index contributed by atoms with van der Waals surface area (Å²) >= 11 is 0. The SMILES string of the molecule is COCCNCC(=O)Nc1ccc2cn[nH]c2c1. The lowest BCUT2D eigenvalue weighted by Crippen LogP contribution is -2.30. The van der Waals surface area contributed by atoms with Crippen molar-refractivity contribution in [3.8, 4) is 0 Å². The van der Waals surface area contributed by atoms with Crippen molar-refractivity contribution >= 4 is 22.5 Å². The number of hydrogen-bond donors (Lipinski definition) is 3. The Morgan fingerprint density at radius 1 is 1.50 bits per heavy atom. The van der Waals surface area contributed by atoms with Crippen LogP contribution in [0.5, 0.6) is 0 Å². The molecule has 0 saturated carbocycles. The third-order valence-corrected chi connectivity index (χ3v) is 2.49. The summed E-state index contributed by atoms with van der Waals surface area (Å²) in [7, 11) is 1.63. The lowest BCUT2D eigenvalue weighted by molar-refractivity contribution is -0.115. The van der Waals surface area contributed by atoms with Gasteiger partial charge in [0.2, 0.25) is 5.91 Å². The van der Waals surface area contributed by atoms with Crippen LogP contribution >= 0.6 is 0 Å². The second kappa shape index (κ2) is 6.13. The van der Waals surface area contributed by atoms with Crippen LogP contribution in [0.4, 0.5) is 5.69 Å². The van der Waals surface area contributed by atoms with Gasteiger partial charge >= 0.3 is 0 Å². The van der Waals surface area contributed by atoms with Crippen LogP contribution in [-0.4, -0.2) is 42.9 Å². The van der Waals surface area contributed by atoms with E-state index in [0.717, 1.165) is 16.6 Å². The van der Waals surface area contributed by atoms with Gasteiger partial charge in [-0.3, -0.25) is 9.89 Å². The lowest BCUT2D eigenvalue weighted by Gasteiger charge is -2.06. The number of carbonyl (C=O) groups is 1. The molecule has 1 heterocycles. The molecule has 0 aliphatic heterocycles. The monoisotopic (exact) mass is 248 g/mol. The Morgan fingerprint density at radius 2 is 2.39 bits per heavy atom. The molecule has 0 unspecified atom stereocenters. The van der Waals surface area contributed by atoms with Crippen molar-refractivity contribution in [2.24, 2.45) is 0 Å². The molecule has 6 nitrogen and oxygen atoms in total. The molecule has 2 aromatic rings. The predicted molar refractivity (Wildman–Crippen MR) is 69.5 cm³/mol. The zero-order chi connectivity index (χ0) is 12.8. The van der Waals surface area contributed by atoms with Crippen LogP contribution in [0.2, 0.25) is 0 Å². The van der Waals surface area contributed by atoms with E-state index in [4.69, 9.17) is 4.74 Å². The molecular weight excluding hydrogens is 232 g/mol. The first kappa shape index (κ1) is 12.5. The van der Waals surface area contributed by atoms with Gasteiger partial charge in [0.25, 0.3) is 0 Å². The maximum absolute atomic E-state index is 11.6. The Morgan fingerprint density at radius 3 is 3.22 bits per heavy atom. The van der Waals surface area contributed by atoms with E-state index < -0.39 is 0 Å². The van der Waals surface area contributed by atoms with Crippen LogP contribution in [-0.2, 0) is 9.53 Å². The molecular formula is C12H16N4O2. The predicted octanol–water partition coefficient (Wildman–Crippen LogP) is 0.737. The highest BCUT2D eigenvalue weighted by molar-refractivity contribution is 5.94. The van der Waals surface area contributed by atoms with Gasteiger partial charge in [0, 0.05) is 24.7 Å². The van der Waals surface area contributed by atoms with Gasteiger partial charge in [0.15, 0.2) is 0 Å². The minimum Gasteiger partial charge on any atom is -0.383 e. The molecule has 0 radical (unpaired) electrons. The molecule has 1 amide bonds. The molecule has 0 atom stereocenters. The highest BCUT2D eigenvalue weighted by Gasteiger charge is 2.03. The average molecular weight is 248 g/mol. The van der Waals surface area contributed by atoms with E-state index in [0.29, 0.717) is 13.2 Å². The second-order valence-electron chi connectivity index (χ2n) is 3.89. The number of nitrogens with one attached hydrogen (secondary N) is 3. The number of amides is 1. The van der Waals surface area contributed by atoms with Gasteiger partial charge in [-0.25, -0.2) is 0 Å². The van der Waals surface area contributed by atoms with E-state index in [1.54, 1.807) is 13.3 Å². The van der Waals surface area contributed by atoms with Crippen molar-refractivity contribution in [3.05, 3.63) is 24.4 Å². The summed E-state index contributed by atoms with van der Waals surface area (Å²) in [6.45, 7) is 1.52. The zero-order valence-electron chi connectivity index (χ0n) is 10.2. The summed E-state index contributed by atoms with van der Waals surface area (Å²) in [6.07, 6.45) is 1.74. The first-order chi connectivity index (χ1) is 8.79. The van der Waals surface area contributed by atoms with Crippen molar-refractivity contribution in [2.45, 2.75) is 0 Å². The molecule has 0 aliphatic carbocycles. The third-order valence-electron chi connectivity index (χ3n) is 2.49. The Kier molecular flexibility index (Phi) is 4.27. The number of rotatable bonds is 6. The Balaban J connectivity index is 1.86. The molecule has 0 saturated heterocycles. The van der Waals surface area contributed by atoms with Gasteiger partial charge in [0.1, 0.15) is 0 Å². The van der Waals surface area contributed by atoms with E-state index in [1.807, 2.05) is 18.2 Å². The van der Waals surface area contributed by atoms with E-state index in [1.165, 1.54) is 0 Å². The number of carbonyl (C=O) groups excluding carboxylic acids is 1. The summed E-state index contributed by atoms with van der Waals surface area (Å²) in [4.78, 5) is 11.6.